The summed E-state index contributed by atoms with van der Waals surface area (Å²) in [5, 5.41) is 7.87. The van der Waals surface area contributed by atoms with E-state index in [1.165, 1.54) is 12.8 Å². The van der Waals surface area contributed by atoms with Crippen molar-refractivity contribution in [2.24, 2.45) is 0 Å². The fourth-order valence-corrected chi connectivity index (χ4v) is 1.94. The second-order valence-corrected chi connectivity index (χ2v) is 4.54. The van der Waals surface area contributed by atoms with Gasteiger partial charge in [-0.05, 0) is 46.8 Å². The van der Waals surface area contributed by atoms with Gasteiger partial charge in [0.1, 0.15) is 0 Å². The molecule has 0 aliphatic carbocycles. The molecule has 1 heterocycles. The van der Waals surface area contributed by atoms with Gasteiger partial charge >= 0.3 is 0 Å². The third kappa shape index (κ3) is 3.29. The zero-order valence-corrected chi connectivity index (χ0v) is 9.71. The van der Waals surface area contributed by atoms with Gasteiger partial charge in [0.15, 0.2) is 0 Å². The largest absolute Gasteiger partial charge is 0.358 e. The monoisotopic (exact) mass is 197 g/mol. The Labute approximate surface area is 87.6 Å². The van der Waals surface area contributed by atoms with E-state index in [4.69, 9.17) is 5.41 Å². The summed E-state index contributed by atoms with van der Waals surface area (Å²) in [6.45, 7) is 4.45. The van der Waals surface area contributed by atoms with Crippen molar-refractivity contribution in [1.29, 1.82) is 5.41 Å². The number of hydrogen-bond donors (Lipinski definition) is 1. The SMILES string of the molecule is CC(CCN(C)C)N1CCCCC1=N. The Balaban J connectivity index is 2.34. The minimum Gasteiger partial charge on any atom is -0.358 e. The number of nitrogens with zero attached hydrogens (tertiary/aromatic N) is 2. The van der Waals surface area contributed by atoms with Gasteiger partial charge in [0.2, 0.25) is 0 Å². The first-order valence-electron chi connectivity index (χ1n) is 5.60. The van der Waals surface area contributed by atoms with Crippen molar-refractivity contribution in [3.05, 3.63) is 0 Å². The molecule has 0 amide bonds. The molecule has 1 aliphatic rings. The van der Waals surface area contributed by atoms with Crippen LogP contribution < -0.4 is 0 Å². The van der Waals surface area contributed by atoms with E-state index < -0.39 is 0 Å². The molecule has 1 aliphatic heterocycles. The standard InChI is InChI=1S/C11H23N3/c1-10(7-9-13(2)3)14-8-5-4-6-11(14)12/h10,12H,4-9H2,1-3H3. The summed E-state index contributed by atoms with van der Waals surface area (Å²) in [5.41, 5.74) is 0. The van der Waals surface area contributed by atoms with Gasteiger partial charge in [-0.1, -0.05) is 0 Å². The Morgan fingerprint density at radius 2 is 2.14 bits per heavy atom. The highest BCUT2D eigenvalue weighted by Gasteiger charge is 2.19. The molecule has 82 valence electrons. The van der Waals surface area contributed by atoms with Gasteiger partial charge in [-0.3, -0.25) is 5.41 Å². The molecule has 3 nitrogen and oxygen atoms in total. The fraction of sp³-hybridized carbons (Fsp3) is 0.909. The van der Waals surface area contributed by atoms with E-state index in [0.29, 0.717) is 6.04 Å². The molecule has 3 heteroatoms. The molecule has 1 N–H and O–H groups in total. The van der Waals surface area contributed by atoms with Gasteiger partial charge in [0.25, 0.3) is 0 Å². The normalized spacial score (nSPS) is 20.3. The van der Waals surface area contributed by atoms with E-state index in [-0.39, 0.29) is 0 Å². The summed E-state index contributed by atoms with van der Waals surface area (Å²) >= 11 is 0. The molecule has 0 aromatic rings. The summed E-state index contributed by atoms with van der Waals surface area (Å²) in [6, 6.07) is 0.533. The molecule has 1 rings (SSSR count). The molecule has 0 aromatic heterocycles. The van der Waals surface area contributed by atoms with E-state index in [0.717, 1.165) is 31.8 Å². The second-order valence-electron chi connectivity index (χ2n) is 4.54. The lowest BCUT2D eigenvalue weighted by Gasteiger charge is -2.35. The third-order valence-corrected chi connectivity index (χ3v) is 2.94. The fourth-order valence-electron chi connectivity index (χ4n) is 1.94. The minimum atomic E-state index is 0.533. The maximum absolute atomic E-state index is 7.87. The third-order valence-electron chi connectivity index (χ3n) is 2.94. The Kier molecular flexibility index (Phi) is 4.39. The van der Waals surface area contributed by atoms with Gasteiger partial charge in [-0.25, -0.2) is 0 Å². The number of likely N-dealkylation sites (tertiary alicyclic amines) is 1. The Morgan fingerprint density at radius 1 is 1.43 bits per heavy atom. The number of piperidine rings is 1. The molecule has 0 spiro atoms. The first-order valence-corrected chi connectivity index (χ1v) is 5.60. The van der Waals surface area contributed by atoms with E-state index in [1.54, 1.807) is 0 Å². The topological polar surface area (TPSA) is 30.3 Å². The Hall–Kier alpha value is -0.570. The zero-order chi connectivity index (χ0) is 10.6. The second kappa shape index (κ2) is 5.35. The smallest absolute Gasteiger partial charge is 0.0960 e. The summed E-state index contributed by atoms with van der Waals surface area (Å²) in [4.78, 5) is 4.48. The van der Waals surface area contributed by atoms with Crippen LogP contribution in [0.2, 0.25) is 0 Å². The van der Waals surface area contributed by atoms with Crippen molar-refractivity contribution in [2.75, 3.05) is 27.2 Å². The predicted molar refractivity (Wildman–Crippen MR) is 60.9 cm³/mol. The predicted octanol–water partition coefficient (Wildman–Crippen LogP) is 1.79. The van der Waals surface area contributed by atoms with Crippen molar-refractivity contribution in [2.45, 2.75) is 38.6 Å². The van der Waals surface area contributed by atoms with Crippen molar-refractivity contribution < 1.29 is 0 Å². The summed E-state index contributed by atoms with van der Waals surface area (Å²) in [5.74, 6) is 0.850. The van der Waals surface area contributed by atoms with E-state index in [1.807, 2.05) is 0 Å². The zero-order valence-electron chi connectivity index (χ0n) is 9.71. The van der Waals surface area contributed by atoms with Crippen LogP contribution in [-0.4, -0.2) is 48.9 Å². The lowest BCUT2D eigenvalue weighted by atomic mass is 10.1. The van der Waals surface area contributed by atoms with Crippen LogP contribution in [0.3, 0.4) is 0 Å². The lowest BCUT2D eigenvalue weighted by Crippen LogP contribution is -2.42. The van der Waals surface area contributed by atoms with Crippen LogP contribution in [0.25, 0.3) is 0 Å². The van der Waals surface area contributed by atoms with E-state index >= 15 is 0 Å². The number of amidine groups is 1. The van der Waals surface area contributed by atoms with E-state index in [9.17, 15) is 0 Å². The molecule has 0 radical (unpaired) electrons. The molecule has 0 aromatic carbocycles. The number of rotatable bonds is 4. The maximum Gasteiger partial charge on any atom is 0.0960 e. The van der Waals surface area contributed by atoms with Gasteiger partial charge in [0.05, 0.1) is 5.84 Å². The number of hydrogen-bond acceptors (Lipinski definition) is 2. The van der Waals surface area contributed by atoms with Crippen LogP contribution in [0.5, 0.6) is 0 Å². The summed E-state index contributed by atoms with van der Waals surface area (Å²) < 4.78 is 0. The average Bonchev–Trinajstić information content (AvgIpc) is 2.15. The first-order chi connectivity index (χ1) is 6.61. The Morgan fingerprint density at radius 3 is 2.71 bits per heavy atom. The molecule has 1 saturated heterocycles. The lowest BCUT2D eigenvalue weighted by molar-refractivity contribution is 0.258. The molecular formula is C11H23N3. The van der Waals surface area contributed by atoms with Crippen LogP contribution in [0.1, 0.15) is 32.6 Å². The highest BCUT2D eigenvalue weighted by atomic mass is 15.2. The average molecular weight is 197 g/mol. The van der Waals surface area contributed by atoms with Crippen molar-refractivity contribution in [3.8, 4) is 0 Å². The molecule has 1 atom stereocenters. The minimum absolute atomic E-state index is 0.533. The molecule has 0 bridgehead atoms. The van der Waals surface area contributed by atoms with Crippen LogP contribution >= 0.6 is 0 Å². The highest BCUT2D eigenvalue weighted by molar-refractivity contribution is 5.80. The van der Waals surface area contributed by atoms with Gasteiger partial charge < -0.3 is 9.80 Å². The van der Waals surface area contributed by atoms with Gasteiger partial charge in [-0.2, -0.15) is 0 Å². The quantitative estimate of drug-likeness (QED) is 0.745. The van der Waals surface area contributed by atoms with Crippen molar-refractivity contribution in [1.82, 2.24) is 9.80 Å². The van der Waals surface area contributed by atoms with Crippen molar-refractivity contribution >= 4 is 5.84 Å². The Bertz CT molecular complexity index is 189. The van der Waals surface area contributed by atoms with Gasteiger partial charge in [0, 0.05) is 19.0 Å². The first kappa shape index (κ1) is 11.5. The van der Waals surface area contributed by atoms with Crippen LogP contribution in [0.4, 0.5) is 0 Å². The molecule has 14 heavy (non-hydrogen) atoms. The van der Waals surface area contributed by atoms with Crippen LogP contribution in [0.15, 0.2) is 0 Å². The highest BCUT2D eigenvalue weighted by Crippen LogP contribution is 2.15. The van der Waals surface area contributed by atoms with Gasteiger partial charge in [-0.15, -0.1) is 0 Å². The molecular weight excluding hydrogens is 174 g/mol. The maximum atomic E-state index is 7.87. The molecule has 1 fully saturated rings. The molecule has 1 unspecified atom stereocenters. The summed E-state index contributed by atoms with van der Waals surface area (Å²) in [6.07, 6.45) is 4.60. The number of nitrogens with one attached hydrogen (secondary N) is 1. The van der Waals surface area contributed by atoms with Crippen LogP contribution in [-0.2, 0) is 0 Å². The van der Waals surface area contributed by atoms with Crippen LogP contribution in [0, 0.1) is 5.41 Å². The van der Waals surface area contributed by atoms with E-state index in [2.05, 4.69) is 30.8 Å². The molecule has 0 saturated carbocycles. The van der Waals surface area contributed by atoms with Crippen molar-refractivity contribution in [3.63, 3.8) is 0 Å². The summed E-state index contributed by atoms with van der Waals surface area (Å²) in [7, 11) is 4.21.